The van der Waals surface area contributed by atoms with Crippen LogP contribution in [0.5, 0.6) is 0 Å². The molecule has 0 bridgehead atoms. The summed E-state index contributed by atoms with van der Waals surface area (Å²) in [5, 5.41) is 0. The number of hydrogen-bond acceptors (Lipinski definition) is 1. The van der Waals surface area contributed by atoms with Gasteiger partial charge in [-0.15, -0.1) is 0 Å². The first-order valence-electron chi connectivity index (χ1n) is 0.658. The van der Waals surface area contributed by atoms with Gasteiger partial charge in [0.1, 0.15) is 0 Å². The molecule has 0 heterocycles. The molecule has 0 atom stereocenters. The third-order valence-electron chi connectivity index (χ3n) is 0.0516. The summed E-state index contributed by atoms with van der Waals surface area (Å²) in [5.74, 6) is 0. The van der Waals surface area contributed by atoms with Crippen LogP contribution in [-0.4, -0.2) is 0 Å². The topological polar surface area (TPSA) is 48.8 Å². The van der Waals surface area contributed by atoms with Crippen molar-refractivity contribution in [2.45, 2.75) is 0 Å². The van der Waals surface area contributed by atoms with Gasteiger partial charge in [0.05, 0.1) is 0 Å². The zero-order valence-corrected chi connectivity index (χ0v) is 4.76. The molecule has 0 aromatic carbocycles. The first kappa shape index (κ1) is 4.41. The molecule has 0 aliphatic carbocycles. The van der Waals surface area contributed by atoms with Crippen molar-refractivity contribution in [3.63, 3.8) is 0 Å². The van der Waals surface area contributed by atoms with E-state index >= 15 is 0 Å². The quantitative estimate of drug-likeness (QED) is 0.264. The summed E-state index contributed by atoms with van der Waals surface area (Å²) in [6.07, 6.45) is 0. The van der Waals surface area contributed by atoms with Crippen LogP contribution in [0.15, 0.2) is 2.25 Å². The fraction of sp³-hybridized carbons (Fsp3) is 0. The Bertz CT molecular complexity index is 41.2. The molecule has 0 spiro atoms. The second kappa shape index (κ2) is 3.41. The zero-order valence-electron chi connectivity index (χ0n) is 1.92. The van der Waals surface area contributed by atoms with Gasteiger partial charge >= 0.3 is 44.0 Å². The van der Waals surface area contributed by atoms with Crippen molar-refractivity contribution >= 4 is 0 Å². The molecule has 0 radical (unpaired) electrons. The van der Waals surface area contributed by atoms with E-state index in [0.29, 0.717) is 31.3 Å². The maximum absolute atomic E-state index is 7.37. The van der Waals surface area contributed by atoms with Gasteiger partial charge in [0, 0.05) is 0 Å². The molecule has 0 aliphatic rings. The minimum absolute atomic E-state index is 0.649. The summed E-state index contributed by atoms with van der Waals surface area (Å²) in [5.41, 5.74) is 7.37. The van der Waals surface area contributed by atoms with Crippen LogP contribution in [0.4, 0.5) is 0 Å². The molecule has 3 nitrogen and oxygen atoms in total. The Morgan fingerprint density at radius 1 is 2.00 bits per heavy atom. The van der Waals surface area contributed by atoms with E-state index < -0.39 is 0 Å². The molecule has 0 fully saturated rings. The Kier molecular flexibility index (Phi) is 3.77. The molecular weight excluding hydrogens is 131 g/mol. The normalized spacial score (nSPS) is 3.75. The molecule has 0 unspecified atom stereocenters. The third kappa shape index (κ3) is 2.41. The van der Waals surface area contributed by atoms with Crippen LogP contribution in [0.1, 0.15) is 0 Å². The van der Waals surface area contributed by atoms with Gasteiger partial charge in [-0.3, -0.25) is 0 Å². The van der Waals surface area contributed by atoms with Crippen molar-refractivity contribution in [2.75, 3.05) is 0 Å². The van der Waals surface area contributed by atoms with Crippen LogP contribution in [-0.2, 0) is 31.3 Å². The van der Waals surface area contributed by atoms with Gasteiger partial charge in [-0.25, -0.2) is 0 Å². The van der Waals surface area contributed by atoms with E-state index in [1.54, 1.807) is 0 Å². The van der Waals surface area contributed by atoms with E-state index in [-0.39, 0.29) is 0 Å². The molecule has 0 N–H and O–H groups in total. The van der Waals surface area contributed by atoms with Gasteiger partial charge in [0.25, 0.3) is 0 Å². The number of nitrogens with zero attached hydrogens (tertiary/aromatic N) is 3. The van der Waals surface area contributed by atoms with E-state index in [2.05, 4.69) is 7.16 Å². The van der Waals surface area contributed by atoms with E-state index in [4.69, 9.17) is 5.53 Å². The van der Waals surface area contributed by atoms with Crippen LogP contribution in [0.25, 0.3) is 10.4 Å². The average Bonchev–Trinajstić information content (AvgIpc) is 1.37. The molecule has 0 rings (SSSR count). The van der Waals surface area contributed by atoms with Crippen LogP contribution in [0, 0.1) is 0 Å². The first-order chi connectivity index (χ1) is 1.91. The van der Waals surface area contributed by atoms with E-state index in [0.717, 1.165) is 0 Å². The number of azide groups is 1. The van der Waals surface area contributed by atoms with E-state index in [9.17, 15) is 0 Å². The Balaban J connectivity index is 3.11. The van der Waals surface area contributed by atoms with Gasteiger partial charge in [0.2, 0.25) is 0 Å². The average molecular weight is 131 g/mol. The third-order valence-corrected chi connectivity index (χ3v) is 0.306. The monoisotopic (exact) mass is 131 g/mol. The number of hydrogen-bond donors (Lipinski definition) is 0. The summed E-state index contributed by atoms with van der Waals surface area (Å²) in [6.45, 7) is 0. The van der Waals surface area contributed by atoms with Gasteiger partial charge in [-0.1, -0.05) is 0 Å². The molecule has 0 aromatic heterocycles. The molecule has 0 amide bonds. The Labute approximate surface area is 44.0 Å². The molecule has 4 heteroatoms. The van der Waals surface area contributed by atoms with Crippen molar-refractivity contribution in [2.24, 2.45) is 2.25 Å². The van der Waals surface area contributed by atoms with Gasteiger partial charge < -0.3 is 0 Å². The Hall–Kier alpha value is 0.414. The molecule has 4 heavy (non-hydrogen) atoms. The van der Waals surface area contributed by atoms with E-state index in [1.165, 1.54) is 0 Å². The zero-order chi connectivity index (χ0) is 3.41. The van der Waals surface area contributed by atoms with Crippen LogP contribution in [0.2, 0.25) is 0 Å². The number of rotatable bonds is 0. The van der Waals surface area contributed by atoms with E-state index in [1.807, 2.05) is 0 Å². The van der Waals surface area contributed by atoms with Gasteiger partial charge in [-0.2, -0.15) is 0 Å². The van der Waals surface area contributed by atoms with Crippen molar-refractivity contribution in [3.8, 4) is 0 Å². The first-order valence-corrected chi connectivity index (χ1v) is 1.93. The van der Waals surface area contributed by atoms with Crippen LogP contribution < -0.4 is 0 Å². The van der Waals surface area contributed by atoms with Gasteiger partial charge in [-0.05, 0) is 0 Å². The van der Waals surface area contributed by atoms with Crippen LogP contribution >= 0.6 is 0 Å². The van der Waals surface area contributed by atoms with Crippen LogP contribution in [0.3, 0.4) is 0 Å². The summed E-state index contributed by atoms with van der Waals surface area (Å²) in [4.78, 5) is 2.42. The molecule has 18 valence electrons. The predicted molar refractivity (Wildman–Crippen MR) is 9.15 cm³/mol. The molecule has 0 aliphatic heterocycles. The Morgan fingerprint density at radius 3 is 2.25 bits per heavy atom. The second-order valence-electron chi connectivity index (χ2n) is 0.205. The summed E-state index contributed by atoms with van der Waals surface area (Å²) in [6, 6.07) is 0. The second-order valence-corrected chi connectivity index (χ2v) is 0.773. The minimum atomic E-state index is 0.649. The van der Waals surface area contributed by atoms with Gasteiger partial charge in [0.15, 0.2) is 0 Å². The van der Waals surface area contributed by atoms with Crippen molar-refractivity contribution in [3.05, 3.63) is 10.4 Å². The fourth-order valence-corrected chi connectivity index (χ4v) is 0. The van der Waals surface area contributed by atoms with Crippen molar-refractivity contribution in [1.82, 2.24) is 0 Å². The van der Waals surface area contributed by atoms with Crippen molar-refractivity contribution in [1.29, 1.82) is 0 Å². The fourth-order valence-electron chi connectivity index (χ4n) is 0. The maximum atomic E-state index is 7.37. The predicted octanol–water partition coefficient (Wildman–Crippen LogP) is 0.759. The molecular formula is N3Y. The Morgan fingerprint density at radius 2 is 2.25 bits per heavy atom. The molecule has 0 saturated heterocycles. The summed E-state index contributed by atoms with van der Waals surface area (Å²) >= 11 is 0.649. The summed E-state index contributed by atoms with van der Waals surface area (Å²) < 4.78 is 3.05. The standard InChI is InChI=1S/N3.Y/c1-3-2;/q-1;+1. The van der Waals surface area contributed by atoms with Crippen molar-refractivity contribution < 1.29 is 31.3 Å². The SMILES string of the molecule is [N-]=[N+]=[N][Y]. The summed E-state index contributed by atoms with van der Waals surface area (Å²) in [7, 11) is 0. The molecule has 0 aromatic rings. The molecule has 0 saturated carbocycles.